The van der Waals surface area contributed by atoms with Crippen molar-refractivity contribution in [1.82, 2.24) is 5.32 Å². The van der Waals surface area contributed by atoms with Crippen molar-refractivity contribution in [2.45, 2.75) is 17.1 Å². The van der Waals surface area contributed by atoms with Crippen molar-refractivity contribution in [2.24, 2.45) is 0 Å². The molecule has 4 aromatic rings. The van der Waals surface area contributed by atoms with Gasteiger partial charge in [-0.2, -0.15) is 0 Å². The van der Waals surface area contributed by atoms with E-state index in [1.54, 1.807) is 91.9 Å². The summed E-state index contributed by atoms with van der Waals surface area (Å²) in [5.74, 6) is -0.495. The molecule has 0 saturated heterocycles. The first kappa shape index (κ1) is 33.7. The van der Waals surface area contributed by atoms with E-state index in [1.165, 1.54) is 32.1 Å². The smallest absolute Gasteiger partial charge is 0.272 e. The fourth-order valence-corrected chi connectivity index (χ4v) is 5.62. The number of halogens is 3. The average molecular weight is 685 g/mol. The lowest BCUT2D eigenvalue weighted by molar-refractivity contribution is -0.115. The molecule has 12 heteroatoms. The molecule has 232 valence electrons. The molecule has 1 unspecified atom stereocenters. The van der Waals surface area contributed by atoms with Crippen LogP contribution in [-0.2, 0) is 9.59 Å². The van der Waals surface area contributed by atoms with E-state index in [-0.39, 0.29) is 11.6 Å². The number of nitrogens with one attached hydrogen (secondary N) is 3. The van der Waals surface area contributed by atoms with Crippen LogP contribution in [0, 0.1) is 0 Å². The number of carbonyl (C=O) groups is 3. The number of methoxy groups -OCH3 is 2. The summed E-state index contributed by atoms with van der Waals surface area (Å²) in [6.07, 6.45) is 1.43. The third-order valence-corrected chi connectivity index (χ3v) is 8.41. The van der Waals surface area contributed by atoms with Crippen LogP contribution in [-0.4, -0.2) is 37.2 Å². The molecule has 0 heterocycles. The van der Waals surface area contributed by atoms with E-state index in [1.807, 2.05) is 0 Å². The van der Waals surface area contributed by atoms with E-state index in [4.69, 9.17) is 44.3 Å². The lowest BCUT2D eigenvalue weighted by Gasteiger charge is -2.16. The van der Waals surface area contributed by atoms with Gasteiger partial charge in [-0.25, -0.2) is 0 Å². The minimum absolute atomic E-state index is 0.0586. The molecule has 45 heavy (non-hydrogen) atoms. The van der Waals surface area contributed by atoms with E-state index in [9.17, 15) is 14.4 Å². The Hall–Kier alpha value is -4.15. The van der Waals surface area contributed by atoms with Crippen molar-refractivity contribution in [3.63, 3.8) is 0 Å². The van der Waals surface area contributed by atoms with E-state index in [0.717, 1.165) is 4.90 Å². The van der Waals surface area contributed by atoms with Gasteiger partial charge in [-0.05, 0) is 67.6 Å². The van der Waals surface area contributed by atoms with Crippen molar-refractivity contribution >= 4 is 81.7 Å². The molecule has 3 amide bonds. The number of thioether (sulfide) groups is 1. The van der Waals surface area contributed by atoms with Gasteiger partial charge in [-0.1, -0.05) is 59.1 Å². The Morgan fingerprint density at radius 1 is 0.778 bits per heavy atom. The molecule has 4 aromatic carbocycles. The number of anilines is 2. The Kier molecular flexibility index (Phi) is 11.8. The van der Waals surface area contributed by atoms with E-state index in [0.29, 0.717) is 49.1 Å². The van der Waals surface area contributed by atoms with Gasteiger partial charge in [-0.15, -0.1) is 11.8 Å². The standard InChI is InChI=1S/C33H28Cl3N3O5S/c1-19(31(40)38-27-17-26(36)29(43-2)18-30(27)44-3)45-22-14-12-21(13-15-22)37-33(42)28(16-23-24(34)10-7-11-25(23)35)39-32(41)20-8-5-4-6-9-20/h4-19H,1-3H3,(H,37,42)(H,38,40)(H,39,41)/b28-16-. The molecule has 0 aliphatic rings. The lowest BCUT2D eigenvalue weighted by Crippen LogP contribution is -2.30. The maximum Gasteiger partial charge on any atom is 0.272 e. The maximum atomic E-state index is 13.4. The fraction of sp³-hybridized carbons (Fsp3) is 0.121. The van der Waals surface area contributed by atoms with Gasteiger partial charge < -0.3 is 25.4 Å². The molecular formula is C33H28Cl3N3O5S. The van der Waals surface area contributed by atoms with Crippen LogP contribution in [0.2, 0.25) is 15.1 Å². The zero-order valence-electron chi connectivity index (χ0n) is 24.3. The van der Waals surface area contributed by atoms with Gasteiger partial charge >= 0.3 is 0 Å². The van der Waals surface area contributed by atoms with Crippen molar-refractivity contribution in [2.75, 3.05) is 24.9 Å². The SMILES string of the molecule is COc1cc(OC)c(NC(=O)C(C)Sc2ccc(NC(=O)/C(=C/c3c(Cl)cccc3Cl)NC(=O)c3ccccc3)cc2)cc1Cl. The van der Waals surface area contributed by atoms with Crippen LogP contribution in [0.4, 0.5) is 11.4 Å². The number of ether oxygens (including phenoxy) is 2. The maximum absolute atomic E-state index is 13.4. The highest BCUT2D eigenvalue weighted by molar-refractivity contribution is 8.00. The zero-order chi connectivity index (χ0) is 32.5. The molecule has 4 rings (SSSR count). The summed E-state index contributed by atoms with van der Waals surface area (Å²) in [5.41, 5.74) is 1.57. The average Bonchev–Trinajstić information content (AvgIpc) is 3.03. The topological polar surface area (TPSA) is 106 Å². The Balaban J connectivity index is 1.46. The highest BCUT2D eigenvalue weighted by atomic mass is 35.5. The molecule has 3 N–H and O–H groups in total. The zero-order valence-corrected chi connectivity index (χ0v) is 27.4. The molecule has 0 aliphatic carbocycles. The Morgan fingerprint density at radius 2 is 1.42 bits per heavy atom. The third kappa shape index (κ3) is 8.95. The molecule has 0 radical (unpaired) electrons. The number of benzene rings is 4. The Morgan fingerprint density at radius 3 is 2.04 bits per heavy atom. The number of hydrogen-bond acceptors (Lipinski definition) is 6. The van der Waals surface area contributed by atoms with Crippen LogP contribution in [0.3, 0.4) is 0 Å². The summed E-state index contributed by atoms with van der Waals surface area (Å²) in [4.78, 5) is 40.0. The van der Waals surface area contributed by atoms with Gasteiger partial charge in [-0.3, -0.25) is 14.4 Å². The highest BCUT2D eigenvalue weighted by Crippen LogP contribution is 2.36. The molecular weight excluding hydrogens is 657 g/mol. The van der Waals surface area contributed by atoms with Gasteiger partial charge in [0.2, 0.25) is 5.91 Å². The molecule has 0 aromatic heterocycles. The molecule has 0 fully saturated rings. The summed E-state index contributed by atoms with van der Waals surface area (Å²) in [5, 5.41) is 8.76. The second-order valence-corrected chi connectivity index (χ2v) is 12.1. The van der Waals surface area contributed by atoms with Crippen molar-refractivity contribution in [1.29, 1.82) is 0 Å². The number of hydrogen-bond donors (Lipinski definition) is 3. The van der Waals surface area contributed by atoms with Crippen LogP contribution < -0.4 is 25.4 Å². The molecule has 0 aliphatic heterocycles. The quantitative estimate of drug-likeness (QED) is 0.109. The monoisotopic (exact) mass is 683 g/mol. The number of amides is 3. The summed E-state index contributed by atoms with van der Waals surface area (Å²) in [6.45, 7) is 1.76. The first-order chi connectivity index (χ1) is 21.6. The minimum atomic E-state index is -0.587. The summed E-state index contributed by atoms with van der Waals surface area (Å²) >= 11 is 20.2. The third-order valence-electron chi connectivity index (χ3n) is 6.34. The molecule has 8 nitrogen and oxygen atoms in total. The van der Waals surface area contributed by atoms with E-state index < -0.39 is 17.1 Å². The van der Waals surface area contributed by atoms with Crippen LogP contribution >= 0.6 is 46.6 Å². The van der Waals surface area contributed by atoms with Gasteiger partial charge in [0.1, 0.15) is 17.2 Å². The largest absolute Gasteiger partial charge is 0.495 e. The Labute approximate surface area is 280 Å². The molecule has 1 atom stereocenters. The first-order valence-electron chi connectivity index (χ1n) is 13.4. The van der Waals surface area contributed by atoms with Gasteiger partial charge in [0.25, 0.3) is 11.8 Å². The van der Waals surface area contributed by atoms with Gasteiger partial charge in [0, 0.05) is 37.8 Å². The molecule has 0 spiro atoms. The van der Waals surface area contributed by atoms with Crippen molar-refractivity contribution in [3.05, 3.63) is 117 Å². The summed E-state index contributed by atoms with van der Waals surface area (Å²) in [7, 11) is 2.98. The van der Waals surface area contributed by atoms with Gasteiger partial charge in [0.05, 0.1) is 30.2 Å². The van der Waals surface area contributed by atoms with Crippen LogP contribution in [0.15, 0.2) is 95.5 Å². The van der Waals surface area contributed by atoms with E-state index >= 15 is 0 Å². The number of rotatable bonds is 11. The fourth-order valence-electron chi connectivity index (χ4n) is 4.00. The lowest BCUT2D eigenvalue weighted by atomic mass is 10.1. The highest BCUT2D eigenvalue weighted by Gasteiger charge is 2.20. The minimum Gasteiger partial charge on any atom is -0.495 e. The summed E-state index contributed by atoms with van der Waals surface area (Å²) in [6, 6.07) is 23.5. The second-order valence-electron chi connectivity index (χ2n) is 9.43. The predicted molar refractivity (Wildman–Crippen MR) is 182 cm³/mol. The van der Waals surface area contributed by atoms with Crippen LogP contribution in [0.25, 0.3) is 6.08 Å². The van der Waals surface area contributed by atoms with Crippen molar-refractivity contribution < 1.29 is 23.9 Å². The van der Waals surface area contributed by atoms with Crippen LogP contribution in [0.5, 0.6) is 11.5 Å². The molecule has 0 saturated carbocycles. The predicted octanol–water partition coefficient (Wildman–Crippen LogP) is 8.19. The molecule has 0 bridgehead atoms. The normalized spacial score (nSPS) is 11.7. The summed E-state index contributed by atoms with van der Waals surface area (Å²) < 4.78 is 10.6. The van der Waals surface area contributed by atoms with E-state index in [2.05, 4.69) is 16.0 Å². The Bertz CT molecular complexity index is 1710. The van der Waals surface area contributed by atoms with Crippen LogP contribution in [0.1, 0.15) is 22.8 Å². The van der Waals surface area contributed by atoms with Gasteiger partial charge in [0.15, 0.2) is 0 Å². The first-order valence-corrected chi connectivity index (χ1v) is 15.4. The number of carbonyl (C=O) groups excluding carboxylic acids is 3. The second kappa shape index (κ2) is 15.7. The van der Waals surface area contributed by atoms with Crippen molar-refractivity contribution in [3.8, 4) is 11.5 Å².